The van der Waals surface area contributed by atoms with E-state index in [1.54, 1.807) is 37.4 Å². The standard InChI is InChI=1S/C28H29N5O6/c1-37-13-14-39-23-12-11-19(16-24(23)38-2)21(15-17-7-9-18(10-8-17)25(29)30)26-31-28(36)33(32-26)22-6-4-3-5-20(22)27(34)35/h3-12,16,21H,13-15H2,1-2H3,(H3,29,30)(H,34,35)(H,31,32,36). The summed E-state index contributed by atoms with van der Waals surface area (Å²) in [6.45, 7) is 0.763. The lowest BCUT2D eigenvalue weighted by Crippen LogP contribution is -2.18. The number of hydrogen-bond acceptors (Lipinski definition) is 7. The van der Waals surface area contributed by atoms with E-state index in [1.807, 2.05) is 24.3 Å². The van der Waals surface area contributed by atoms with E-state index in [9.17, 15) is 14.7 Å². The largest absolute Gasteiger partial charge is 0.493 e. The van der Waals surface area contributed by atoms with Crippen molar-refractivity contribution in [3.05, 3.63) is 105 Å². The molecule has 11 nitrogen and oxygen atoms in total. The van der Waals surface area contributed by atoms with Crippen molar-refractivity contribution in [2.45, 2.75) is 12.3 Å². The van der Waals surface area contributed by atoms with Gasteiger partial charge in [0.1, 0.15) is 18.3 Å². The number of amidine groups is 1. The molecule has 0 spiro atoms. The number of nitrogens with one attached hydrogen (secondary N) is 2. The molecule has 202 valence electrons. The lowest BCUT2D eigenvalue weighted by atomic mass is 9.90. The fraction of sp³-hybridized carbons (Fsp3) is 0.214. The third-order valence-electron chi connectivity index (χ3n) is 6.17. The summed E-state index contributed by atoms with van der Waals surface area (Å²) >= 11 is 0. The Hall–Kier alpha value is -4.90. The molecule has 11 heteroatoms. The number of carboxylic acids is 1. The summed E-state index contributed by atoms with van der Waals surface area (Å²) in [6, 6.07) is 18.9. The zero-order valence-electron chi connectivity index (χ0n) is 21.5. The fourth-order valence-electron chi connectivity index (χ4n) is 4.18. The molecule has 0 aliphatic carbocycles. The van der Waals surface area contributed by atoms with Gasteiger partial charge >= 0.3 is 11.7 Å². The lowest BCUT2D eigenvalue weighted by Gasteiger charge is -2.18. The van der Waals surface area contributed by atoms with Crippen LogP contribution in [0.4, 0.5) is 0 Å². The number of nitrogens with two attached hydrogens (primary N) is 1. The number of aromatic carboxylic acids is 1. The highest BCUT2D eigenvalue weighted by Gasteiger charge is 2.24. The van der Waals surface area contributed by atoms with Gasteiger partial charge in [-0.15, -0.1) is 5.10 Å². The molecule has 0 saturated carbocycles. The van der Waals surface area contributed by atoms with Crippen molar-refractivity contribution < 1.29 is 24.1 Å². The first-order valence-corrected chi connectivity index (χ1v) is 12.1. The second-order valence-electron chi connectivity index (χ2n) is 8.67. The molecule has 39 heavy (non-hydrogen) atoms. The van der Waals surface area contributed by atoms with Gasteiger partial charge in [-0.2, -0.15) is 4.68 Å². The quantitative estimate of drug-likeness (QED) is 0.123. The number of aromatic amines is 1. The van der Waals surface area contributed by atoms with Crippen molar-refractivity contribution in [3.63, 3.8) is 0 Å². The molecule has 1 aromatic heterocycles. The van der Waals surface area contributed by atoms with Gasteiger partial charge in [0.25, 0.3) is 0 Å². The molecule has 0 bridgehead atoms. The number of nitrogens with zero attached hydrogens (tertiary/aromatic N) is 2. The predicted molar refractivity (Wildman–Crippen MR) is 145 cm³/mol. The Morgan fingerprint density at radius 2 is 1.82 bits per heavy atom. The van der Waals surface area contributed by atoms with Gasteiger partial charge in [-0.1, -0.05) is 42.5 Å². The van der Waals surface area contributed by atoms with Gasteiger partial charge in [-0.05, 0) is 41.8 Å². The maximum atomic E-state index is 13.0. The summed E-state index contributed by atoms with van der Waals surface area (Å²) < 4.78 is 17.4. The maximum Gasteiger partial charge on any atom is 0.348 e. The van der Waals surface area contributed by atoms with Crippen molar-refractivity contribution in [3.8, 4) is 17.2 Å². The second kappa shape index (κ2) is 12.1. The average Bonchev–Trinajstić information content (AvgIpc) is 3.33. The van der Waals surface area contributed by atoms with Crippen LogP contribution in [0.3, 0.4) is 0 Å². The van der Waals surface area contributed by atoms with Gasteiger partial charge in [0.05, 0.1) is 25.0 Å². The zero-order chi connectivity index (χ0) is 27.9. The normalized spacial score (nSPS) is 11.6. The first-order chi connectivity index (χ1) is 18.8. The Balaban J connectivity index is 1.78. The van der Waals surface area contributed by atoms with E-state index in [4.69, 9.17) is 25.4 Å². The van der Waals surface area contributed by atoms with Crippen LogP contribution in [0.1, 0.15) is 38.8 Å². The number of rotatable bonds is 12. The van der Waals surface area contributed by atoms with Crippen LogP contribution < -0.4 is 20.9 Å². The molecule has 0 saturated heterocycles. The number of H-pyrrole nitrogens is 1. The predicted octanol–water partition coefficient (Wildman–Crippen LogP) is 2.95. The van der Waals surface area contributed by atoms with Crippen molar-refractivity contribution >= 4 is 11.8 Å². The number of carboxylic acid groups (broad SMARTS) is 1. The zero-order valence-corrected chi connectivity index (χ0v) is 21.5. The van der Waals surface area contributed by atoms with E-state index >= 15 is 0 Å². The molecule has 3 aromatic carbocycles. The number of methoxy groups -OCH3 is 2. The summed E-state index contributed by atoms with van der Waals surface area (Å²) in [5, 5.41) is 21.8. The van der Waals surface area contributed by atoms with Crippen LogP contribution in [0.15, 0.2) is 71.5 Å². The number of carbonyl (C=O) groups is 1. The minimum Gasteiger partial charge on any atom is -0.493 e. The average molecular weight is 532 g/mol. The lowest BCUT2D eigenvalue weighted by molar-refractivity contribution is 0.0696. The first kappa shape index (κ1) is 27.1. The Bertz CT molecular complexity index is 1530. The maximum absolute atomic E-state index is 13.0. The van der Waals surface area contributed by atoms with E-state index in [1.165, 1.54) is 19.2 Å². The van der Waals surface area contributed by atoms with Crippen molar-refractivity contribution in [2.75, 3.05) is 27.4 Å². The topological polar surface area (TPSA) is 166 Å². The number of ether oxygens (including phenoxy) is 3. The van der Waals surface area contributed by atoms with E-state index < -0.39 is 17.6 Å². The molecular weight excluding hydrogens is 502 g/mol. The summed E-state index contributed by atoms with van der Waals surface area (Å²) in [6.07, 6.45) is 0.429. The smallest absolute Gasteiger partial charge is 0.348 e. The minimum absolute atomic E-state index is 0.0351. The fourth-order valence-corrected chi connectivity index (χ4v) is 4.18. The van der Waals surface area contributed by atoms with E-state index in [0.717, 1.165) is 15.8 Å². The summed E-state index contributed by atoms with van der Waals surface area (Å²) in [5.41, 5.74) is 7.43. The van der Waals surface area contributed by atoms with Crippen molar-refractivity contribution in [1.82, 2.24) is 14.8 Å². The van der Waals surface area contributed by atoms with Crippen LogP contribution in [0.25, 0.3) is 5.69 Å². The van der Waals surface area contributed by atoms with E-state index in [0.29, 0.717) is 42.5 Å². The van der Waals surface area contributed by atoms with Gasteiger partial charge in [-0.3, -0.25) is 10.4 Å². The number of benzene rings is 3. The minimum atomic E-state index is -1.17. The van der Waals surface area contributed by atoms with Gasteiger partial charge in [0.15, 0.2) is 11.5 Å². The SMILES string of the molecule is COCCOc1ccc(C(Cc2ccc(C(=N)N)cc2)c2nn(-c3ccccc3C(=O)O)c(=O)[nH]2)cc1OC. The molecule has 4 aromatic rings. The number of nitrogen functional groups attached to an aromatic ring is 1. The Morgan fingerprint density at radius 3 is 2.49 bits per heavy atom. The number of hydrogen-bond donors (Lipinski definition) is 4. The van der Waals surface area contributed by atoms with Gasteiger partial charge in [-0.25, -0.2) is 9.59 Å². The molecule has 1 unspecified atom stereocenters. The monoisotopic (exact) mass is 531 g/mol. The third-order valence-corrected chi connectivity index (χ3v) is 6.17. The number of para-hydroxylation sites is 1. The Labute approximate surface area is 224 Å². The van der Waals surface area contributed by atoms with Gasteiger partial charge < -0.3 is 25.1 Å². The second-order valence-corrected chi connectivity index (χ2v) is 8.67. The van der Waals surface area contributed by atoms with Crippen LogP contribution in [0, 0.1) is 5.41 Å². The first-order valence-electron chi connectivity index (χ1n) is 12.1. The molecule has 0 amide bonds. The van der Waals surface area contributed by atoms with Crippen LogP contribution in [-0.4, -0.2) is 59.1 Å². The van der Waals surface area contributed by atoms with E-state index in [-0.39, 0.29) is 17.1 Å². The summed E-state index contributed by atoms with van der Waals surface area (Å²) in [5.74, 6) is -0.271. The third kappa shape index (κ3) is 6.16. The Morgan fingerprint density at radius 1 is 1.08 bits per heavy atom. The molecular formula is C28H29N5O6. The van der Waals surface area contributed by atoms with Crippen LogP contribution >= 0.6 is 0 Å². The summed E-state index contributed by atoms with van der Waals surface area (Å²) in [4.78, 5) is 27.6. The molecule has 1 atom stereocenters. The van der Waals surface area contributed by atoms with Crippen LogP contribution in [0.2, 0.25) is 0 Å². The molecule has 0 aliphatic heterocycles. The molecule has 4 rings (SSSR count). The highest BCUT2D eigenvalue weighted by Crippen LogP contribution is 2.34. The molecule has 0 fully saturated rings. The van der Waals surface area contributed by atoms with Crippen molar-refractivity contribution in [2.24, 2.45) is 5.73 Å². The highest BCUT2D eigenvalue weighted by molar-refractivity contribution is 5.94. The molecule has 1 heterocycles. The van der Waals surface area contributed by atoms with Crippen LogP contribution in [0.5, 0.6) is 11.5 Å². The Kier molecular flexibility index (Phi) is 8.42. The molecule has 0 aliphatic rings. The molecule has 0 radical (unpaired) electrons. The summed E-state index contributed by atoms with van der Waals surface area (Å²) in [7, 11) is 3.13. The van der Waals surface area contributed by atoms with E-state index in [2.05, 4.69) is 10.1 Å². The van der Waals surface area contributed by atoms with Crippen LogP contribution in [-0.2, 0) is 11.2 Å². The molecule has 5 N–H and O–H groups in total. The number of aromatic nitrogens is 3. The highest BCUT2D eigenvalue weighted by atomic mass is 16.5. The van der Waals surface area contributed by atoms with Gasteiger partial charge in [0.2, 0.25) is 0 Å². The van der Waals surface area contributed by atoms with Crippen molar-refractivity contribution in [1.29, 1.82) is 5.41 Å². The van der Waals surface area contributed by atoms with Gasteiger partial charge in [0, 0.05) is 18.6 Å².